The van der Waals surface area contributed by atoms with Gasteiger partial charge in [-0.25, -0.2) is 0 Å². The zero-order chi connectivity index (χ0) is 9.90. The standard InChI is InChI=1S/C9H13O3P.K/c1-2-9(13(10,11)12)8-6-4-3-5-7-8;/h3-7,9H,2H2,1H3,(H2,10,11,12);/q;+1/p-1. The smallest absolute Gasteiger partial charge is 0.778 e. The van der Waals surface area contributed by atoms with Crippen LogP contribution in [-0.2, 0) is 4.57 Å². The first-order valence-corrected chi connectivity index (χ1v) is 5.78. The van der Waals surface area contributed by atoms with Gasteiger partial charge in [0.25, 0.3) is 0 Å². The van der Waals surface area contributed by atoms with Crippen LogP contribution in [0.5, 0.6) is 0 Å². The van der Waals surface area contributed by atoms with Crippen LogP contribution in [0.2, 0.25) is 0 Å². The average molecular weight is 238 g/mol. The average Bonchev–Trinajstić information content (AvgIpc) is 2.05. The van der Waals surface area contributed by atoms with Crippen molar-refractivity contribution in [2.45, 2.75) is 19.0 Å². The largest absolute Gasteiger partial charge is 1.00 e. The third-order valence-corrected chi connectivity index (χ3v) is 3.42. The number of benzene rings is 1. The van der Waals surface area contributed by atoms with Gasteiger partial charge in [-0.2, -0.15) is 0 Å². The maximum absolute atomic E-state index is 10.9. The van der Waals surface area contributed by atoms with E-state index in [4.69, 9.17) is 4.89 Å². The molecule has 0 heterocycles. The Morgan fingerprint density at radius 2 is 1.93 bits per heavy atom. The van der Waals surface area contributed by atoms with Crippen LogP contribution in [0.1, 0.15) is 24.6 Å². The zero-order valence-electron chi connectivity index (χ0n) is 8.38. The molecule has 2 atom stereocenters. The molecule has 0 aliphatic carbocycles. The van der Waals surface area contributed by atoms with Crippen LogP contribution in [0, 0.1) is 0 Å². The molecule has 0 amide bonds. The quantitative estimate of drug-likeness (QED) is 0.525. The van der Waals surface area contributed by atoms with Crippen molar-refractivity contribution in [2.24, 2.45) is 0 Å². The topological polar surface area (TPSA) is 60.4 Å². The summed E-state index contributed by atoms with van der Waals surface area (Å²) in [5.74, 6) is 0. The van der Waals surface area contributed by atoms with Crippen LogP contribution in [0.15, 0.2) is 30.3 Å². The molecule has 3 nitrogen and oxygen atoms in total. The zero-order valence-corrected chi connectivity index (χ0v) is 12.4. The van der Waals surface area contributed by atoms with Crippen molar-refractivity contribution in [3.8, 4) is 0 Å². The Hall–Kier alpha value is 1.01. The molecule has 0 fully saturated rings. The molecule has 0 spiro atoms. The van der Waals surface area contributed by atoms with Crippen molar-refractivity contribution < 1.29 is 65.7 Å². The van der Waals surface area contributed by atoms with Gasteiger partial charge in [-0.1, -0.05) is 37.3 Å². The van der Waals surface area contributed by atoms with Gasteiger partial charge in [0.05, 0.1) is 0 Å². The van der Waals surface area contributed by atoms with Crippen molar-refractivity contribution in [3.05, 3.63) is 35.9 Å². The fourth-order valence-electron chi connectivity index (χ4n) is 1.33. The fraction of sp³-hybridized carbons (Fsp3) is 0.333. The van der Waals surface area contributed by atoms with E-state index in [2.05, 4.69) is 0 Å². The predicted octanol–water partition coefficient (Wildman–Crippen LogP) is -1.31. The van der Waals surface area contributed by atoms with Crippen molar-refractivity contribution in [1.82, 2.24) is 0 Å². The molecule has 0 radical (unpaired) electrons. The van der Waals surface area contributed by atoms with Gasteiger partial charge in [0.1, 0.15) is 7.60 Å². The second kappa shape index (κ2) is 6.56. The van der Waals surface area contributed by atoms with E-state index in [1.165, 1.54) is 0 Å². The normalized spacial score (nSPS) is 16.5. The summed E-state index contributed by atoms with van der Waals surface area (Å²) in [4.78, 5) is 19.9. The first-order valence-electron chi connectivity index (χ1n) is 4.14. The van der Waals surface area contributed by atoms with Gasteiger partial charge in [-0.05, 0) is 12.0 Å². The third-order valence-electron chi connectivity index (χ3n) is 1.96. The van der Waals surface area contributed by atoms with Crippen LogP contribution >= 0.6 is 7.60 Å². The summed E-state index contributed by atoms with van der Waals surface area (Å²) < 4.78 is 10.9. The second-order valence-corrected chi connectivity index (χ2v) is 4.65. The summed E-state index contributed by atoms with van der Waals surface area (Å²) in [6.45, 7) is 1.73. The Morgan fingerprint density at radius 1 is 1.43 bits per heavy atom. The molecule has 0 saturated heterocycles. The summed E-state index contributed by atoms with van der Waals surface area (Å²) >= 11 is 0. The number of rotatable bonds is 3. The van der Waals surface area contributed by atoms with E-state index in [1.807, 2.05) is 6.07 Å². The van der Waals surface area contributed by atoms with Crippen LogP contribution in [0.4, 0.5) is 0 Å². The van der Waals surface area contributed by atoms with E-state index in [0.717, 1.165) is 0 Å². The van der Waals surface area contributed by atoms with E-state index in [-0.39, 0.29) is 51.4 Å². The fourth-order valence-corrected chi connectivity index (χ4v) is 2.34. The first kappa shape index (κ1) is 15.0. The van der Waals surface area contributed by atoms with Gasteiger partial charge in [0, 0.05) is 5.66 Å². The SMILES string of the molecule is CCC(c1ccccc1)P(=O)([O-])O.[K+]. The maximum atomic E-state index is 10.9. The molecule has 5 heteroatoms. The first-order chi connectivity index (χ1) is 6.05. The van der Waals surface area contributed by atoms with Crippen molar-refractivity contribution in [2.75, 3.05) is 0 Å². The Morgan fingerprint density at radius 3 is 2.29 bits per heavy atom. The molecule has 0 aliphatic heterocycles. The van der Waals surface area contributed by atoms with E-state index < -0.39 is 13.3 Å². The predicted molar refractivity (Wildman–Crippen MR) is 49.3 cm³/mol. The van der Waals surface area contributed by atoms with Crippen LogP contribution in [0.3, 0.4) is 0 Å². The van der Waals surface area contributed by atoms with Gasteiger partial charge >= 0.3 is 51.4 Å². The van der Waals surface area contributed by atoms with Crippen molar-refractivity contribution >= 4 is 7.60 Å². The Bertz CT molecular complexity index is 309. The summed E-state index contributed by atoms with van der Waals surface area (Å²) in [5, 5.41) is 0. The van der Waals surface area contributed by atoms with Crippen LogP contribution in [-0.4, -0.2) is 4.89 Å². The molecule has 72 valence electrons. The Labute approximate surface area is 127 Å². The minimum Gasteiger partial charge on any atom is -0.778 e. The van der Waals surface area contributed by atoms with Gasteiger partial charge in [-0.3, -0.25) is 0 Å². The van der Waals surface area contributed by atoms with Gasteiger partial charge in [0.15, 0.2) is 0 Å². The second-order valence-electron chi connectivity index (χ2n) is 2.90. The molecular weight excluding hydrogens is 226 g/mol. The van der Waals surface area contributed by atoms with E-state index in [9.17, 15) is 9.46 Å². The molecule has 0 bridgehead atoms. The Balaban J connectivity index is 0.00000169. The van der Waals surface area contributed by atoms with E-state index in [0.29, 0.717) is 12.0 Å². The summed E-state index contributed by atoms with van der Waals surface area (Å²) in [7, 11) is -4.25. The molecule has 1 rings (SSSR count). The molecule has 0 aromatic heterocycles. The van der Waals surface area contributed by atoms with Gasteiger partial charge in [0.2, 0.25) is 0 Å². The number of hydrogen-bond acceptors (Lipinski definition) is 2. The van der Waals surface area contributed by atoms with Crippen LogP contribution in [0.25, 0.3) is 0 Å². The minimum atomic E-state index is -4.25. The van der Waals surface area contributed by atoms with Gasteiger partial charge in [-0.15, -0.1) is 0 Å². The van der Waals surface area contributed by atoms with Gasteiger partial charge < -0.3 is 14.4 Å². The third kappa shape index (κ3) is 4.25. The van der Waals surface area contributed by atoms with Crippen molar-refractivity contribution in [3.63, 3.8) is 0 Å². The van der Waals surface area contributed by atoms with Crippen molar-refractivity contribution in [1.29, 1.82) is 0 Å². The summed E-state index contributed by atoms with van der Waals surface area (Å²) in [6.07, 6.45) is 0.390. The Kier molecular flexibility index (Phi) is 7.03. The van der Waals surface area contributed by atoms with Crippen LogP contribution < -0.4 is 56.3 Å². The molecule has 14 heavy (non-hydrogen) atoms. The molecule has 0 aliphatic rings. The summed E-state index contributed by atoms with van der Waals surface area (Å²) in [6, 6.07) is 8.73. The van der Waals surface area contributed by atoms with E-state index in [1.54, 1.807) is 31.2 Å². The molecule has 1 aromatic rings. The molecular formula is C9H12KO3P. The molecule has 0 saturated carbocycles. The number of hydrogen-bond donors (Lipinski definition) is 1. The summed E-state index contributed by atoms with van der Waals surface area (Å²) in [5.41, 5.74) is -0.125. The van der Waals surface area contributed by atoms with E-state index >= 15 is 0 Å². The maximum Gasteiger partial charge on any atom is 1.00 e. The molecule has 1 N–H and O–H groups in total. The molecule has 1 aromatic carbocycles. The monoisotopic (exact) mass is 238 g/mol. The minimum absolute atomic E-state index is 0. The molecule has 2 unspecified atom stereocenters.